The van der Waals surface area contributed by atoms with E-state index < -0.39 is 0 Å². The van der Waals surface area contributed by atoms with Crippen LogP contribution in [0.15, 0.2) is 10.9 Å². The van der Waals surface area contributed by atoms with E-state index >= 15 is 0 Å². The molecule has 0 radical (unpaired) electrons. The largest absolute Gasteiger partial charge is 0.343 e. The molecule has 1 N–H and O–H groups in total. The summed E-state index contributed by atoms with van der Waals surface area (Å²) in [6.07, 6.45) is 2.27. The highest BCUT2D eigenvalue weighted by atomic mass is 16.5. The predicted octanol–water partition coefficient (Wildman–Crippen LogP) is 1.57. The molecule has 1 aromatic heterocycles. The Morgan fingerprint density at radius 3 is 2.74 bits per heavy atom. The zero-order valence-electron chi connectivity index (χ0n) is 12.5. The zero-order chi connectivity index (χ0) is 13.8. The van der Waals surface area contributed by atoms with E-state index in [1.807, 2.05) is 0 Å². The van der Waals surface area contributed by atoms with Crippen LogP contribution in [0, 0.1) is 11.8 Å². The van der Waals surface area contributed by atoms with E-state index in [2.05, 4.69) is 48.1 Å². The van der Waals surface area contributed by atoms with Gasteiger partial charge < -0.3 is 9.84 Å². The average molecular weight is 266 g/mol. The molecule has 1 aromatic rings. The van der Waals surface area contributed by atoms with Crippen molar-refractivity contribution in [3.8, 4) is 0 Å². The molecule has 5 heteroatoms. The summed E-state index contributed by atoms with van der Waals surface area (Å²) in [5, 5.41) is 7.58. The normalized spacial score (nSPS) is 25.4. The van der Waals surface area contributed by atoms with Gasteiger partial charge >= 0.3 is 0 Å². The first-order chi connectivity index (χ1) is 9.08. The van der Waals surface area contributed by atoms with Crippen molar-refractivity contribution in [3.05, 3.63) is 12.2 Å². The highest BCUT2D eigenvalue weighted by Gasteiger charge is 2.30. The third kappa shape index (κ3) is 3.76. The van der Waals surface area contributed by atoms with Gasteiger partial charge in [0.1, 0.15) is 0 Å². The lowest BCUT2D eigenvalue weighted by Gasteiger charge is -2.43. The number of hydrogen-bond donors (Lipinski definition) is 1. The number of nitrogens with one attached hydrogen (secondary N) is 1. The quantitative estimate of drug-likeness (QED) is 0.876. The molecule has 1 aliphatic rings. The van der Waals surface area contributed by atoms with E-state index in [1.54, 1.807) is 0 Å². The molecule has 0 aliphatic carbocycles. The molecule has 2 unspecified atom stereocenters. The number of nitrogens with zero attached hydrogens (tertiary/aromatic N) is 3. The Kier molecular flexibility index (Phi) is 4.93. The topological polar surface area (TPSA) is 54.2 Å². The maximum atomic E-state index is 4.80. The molecule has 5 nitrogen and oxygen atoms in total. The summed E-state index contributed by atoms with van der Waals surface area (Å²) < 4.78 is 4.80. The van der Waals surface area contributed by atoms with Gasteiger partial charge in [-0.25, -0.2) is 0 Å². The zero-order valence-corrected chi connectivity index (χ0v) is 12.5. The SMILES string of the molecule is CC(C)C1CN(CCc2ncon2)C(C(C)C)CN1. The van der Waals surface area contributed by atoms with Crippen LogP contribution in [0.2, 0.25) is 0 Å². The fraction of sp³-hybridized carbons (Fsp3) is 0.857. The summed E-state index contributed by atoms with van der Waals surface area (Å²) in [6, 6.07) is 1.18. The average Bonchev–Trinajstić information content (AvgIpc) is 2.88. The molecule has 0 amide bonds. The van der Waals surface area contributed by atoms with Gasteiger partial charge in [0.2, 0.25) is 6.39 Å². The van der Waals surface area contributed by atoms with Crippen LogP contribution in [0.25, 0.3) is 0 Å². The summed E-state index contributed by atoms with van der Waals surface area (Å²) >= 11 is 0. The Bertz CT molecular complexity index is 364. The van der Waals surface area contributed by atoms with Gasteiger partial charge in [0.05, 0.1) is 0 Å². The summed E-state index contributed by atoms with van der Waals surface area (Å²) in [5.41, 5.74) is 0. The van der Waals surface area contributed by atoms with Crippen molar-refractivity contribution in [2.75, 3.05) is 19.6 Å². The van der Waals surface area contributed by atoms with E-state index in [4.69, 9.17) is 4.52 Å². The fourth-order valence-corrected chi connectivity index (χ4v) is 2.76. The van der Waals surface area contributed by atoms with Gasteiger partial charge in [-0.2, -0.15) is 4.98 Å². The first-order valence-electron chi connectivity index (χ1n) is 7.30. The van der Waals surface area contributed by atoms with Crippen molar-refractivity contribution in [2.24, 2.45) is 11.8 Å². The van der Waals surface area contributed by atoms with Crippen LogP contribution in [0.5, 0.6) is 0 Å². The lowest BCUT2D eigenvalue weighted by Crippen LogP contribution is -2.59. The third-order valence-corrected chi connectivity index (χ3v) is 4.09. The van der Waals surface area contributed by atoms with Gasteiger partial charge in [0.25, 0.3) is 0 Å². The monoisotopic (exact) mass is 266 g/mol. The Hall–Kier alpha value is -0.940. The van der Waals surface area contributed by atoms with Crippen LogP contribution >= 0.6 is 0 Å². The molecule has 1 saturated heterocycles. The first kappa shape index (κ1) is 14.5. The van der Waals surface area contributed by atoms with Crippen LogP contribution in [-0.4, -0.2) is 46.8 Å². The smallest absolute Gasteiger partial charge is 0.213 e. The van der Waals surface area contributed by atoms with Crippen LogP contribution in [0.1, 0.15) is 33.5 Å². The van der Waals surface area contributed by atoms with Crippen LogP contribution in [-0.2, 0) is 6.42 Å². The van der Waals surface area contributed by atoms with Crippen LogP contribution in [0.4, 0.5) is 0 Å². The molecule has 0 bridgehead atoms. The number of aromatic nitrogens is 2. The van der Waals surface area contributed by atoms with Crippen LogP contribution in [0.3, 0.4) is 0 Å². The van der Waals surface area contributed by atoms with Gasteiger partial charge in [-0.05, 0) is 11.8 Å². The van der Waals surface area contributed by atoms with Crippen molar-refractivity contribution in [3.63, 3.8) is 0 Å². The van der Waals surface area contributed by atoms with Crippen LogP contribution < -0.4 is 5.32 Å². The second kappa shape index (κ2) is 6.48. The predicted molar refractivity (Wildman–Crippen MR) is 74.8 cm³/mol. The van der Waals surface area contributed by atoms with E-state index in [9.17, 15) is 0 Å². The minimum Gasteiger partial charge on any atom is -0.343 e. The summed E-state index contributed by atoms with van der Waals surface area (Å²) in [4.78, 5) is 6.69. The lowest BCUT2D eigenvalue weighted by molar-refractivity contribution is 0.0857. The number of hydrogen-bond acceptors (Lipinski definition) is 5. The molecular weight excluding hydrogens is 240 g/mol. The Balaban J connectivity index is 1.95. The first-order valence-corrected chi connectivity index (χ1v) is 7.30. The standard InChI is InChI=1S/C14H26N4O/c1-10(2)12-8-18(13(7-15-12)11(3)4)6-5-14-16-9-19-17-14/h9-13,15H,5-8H2,1-4H3. The molecule has 1 fully saturated rings. The molecule has 2 heterocycles. The maximum Gasteiger partial charge on any atom is 0.213 e. The van der Waals surface area contributed by atoms with E-state index in [-0.39, 0.29) is 0 Å². The molecule has 0 spiro atoms. The number of rotatable bonds is 5. The highest BCUT2D eigenvalue weighted by molar-refractivity contribution is 4.91. The van der Waals surface area contributed by atoms with Crippen molar-refractivity contribution >= 4 is 0 Å². The molecule has 108 valence electrons. The number of piperazine rings is 1. The second-order valence-electron chi connectivity index (χ2n) is 6.16. The molecule has 19 heavy (non-hydrogen) atoms. The van der Waals surface area contributed by atoms with Crippen molar-refractivity contribution in [1.82, 2.24) is 20.4 Å². The van der Waals surface area contributed by atoms with Crippen molar-refractivity contribution < 1.29 is 4.52 Å². The second-order valence-corrected chi connectivity index (χ2v) is 6.16. The van der Waals surface area contributed by atoms with Crippen molar-refractivity contribution in [2.45, 2.75) is 46.2 Å². The maximum absolute atomic E-state index is 4.80. The van der Waals surface area contributed by atoms with Crippen molar-refractivity contribution in [1.29, 1.82) is 0 Å². The minimum atomic E-state index is 0.584. The highest BCUT2D eigenvalue weighted by Crippen LogP contribution is 2.18. The summed E-state index contributed by atoms with van der Waals surface area (Å²) in [5.74, 6) is 2.13. The molecule has 2 rings (SSSR count). The molecule has 1 aliphatic heterocycles. The van der Waals surface area contributed by atoms with Gasteiger partial charge in [-0.15, -0.1) is 0 Å². The van der Waals surface area contributed by atoms with E-state index in [0.29, 0.717) is 23.9 Å². The third-order valence-electron chi connectivity index (χ3n) is 4.09. The van der Waals surface area contributed by atoms with Gasteiger partial charge in [0.15, 0.2) is 5.82 Å². The lowest BCUT2D eigenvalue weighted by atomic mass is 9.94. The van der Waals surface area contributed by atoms with Gasteiger partial charge in [-0.3, -0.25) is 4.90 Å². The summed E-state index contributed by atoms with van der Waals surface area (Å²) in [7, 11) is 0. The molecule has 0 aromatic carbocycles. The minimum absolute atomic E-state index is 0.584. The Morgan fingerprint density at radius 1 is 1.37 bits per heavy atom. The van der Waals surface area contributed by atoms with E-state index in [1.165, 1.54) is 6.39 Å². The Morgan fingerprint density at radius 2 is 2.16 bits per heavy atom. The molecule has 2 atom stereocenters. The van der Waals surface area contributed by atoms with E-state index in [0.717, 1.165) is 31.9 Å². The Labute approximate surface area is 115 Å². The summed E-state index contributed by atoms with van der Waals surface area (Å²) in [6.45, 7) is 12.3. The fourth-order valence-electron chi connectivity index (χ4n) is 2.76. The van der Waals surface area contributed by atoms with Gasteiger partial charge in [0, 0.05) is 38.1 Å². The molecular formula is C14H26N4O. The van der Waals surface area contributed by atoms with Gasteiger partial charge in [-0.1, -0.05) is 32.9 Å². The molecule has 0 saturated carbocycles.